The van der Waals surface area contributed by atoms with E-state index in [0.29, 0.717) is 5.92 Å². The van der Waals surface area contributed by atoms with Crippen molar-refractivity contribution in [2.24, 2.45) is 5.92 Å². The molecule has 3 heteroatoms. The zero-order valence-electron chi connectivity index (χ0n) is 20.0. The lowest BCUT2D eigenvalue weighted by Gasteiger charge is -2.47. The van der Waals surface area contributed by atoms with Crippen LogP contribution in [0.3, 0.4) is 0 Å². The molecule has 0 saturated carbocycles. The van der Waals surface area contributed by atoms with Crippen LogP contribution in [0.4, 0.5) is 0 Å². The van der Waals surface area contributed by atoms with E-state index in [9.17, 15) is 0 Å². The highest BCUT2D eigenvalue weighted by Gasteiger charge is 2.54. The van der Waals surface area contributed by atoms with Crippen molar-refractivity contribution < 1.29 is 8.85 Å². The molecule has 0 unspecified atom stereocenters. The third kappa shape index (κ3) is 9.45. The Morgan fingerprint density at radius 1 is 0.630 bits per heavy atom. The highest BCUT2D eigenvalue weighted by Crippen LogP contribution is 2.50. The number of hydrogen-bond acceptors (Lipinski definition) is 2. The van der Waals surface area contributed by atoms with Crippen LogP contribution < -0.4 is 0 Å². The van der Waals surface area contributed by atoms with Gasteiger partial charge in [0.05, 0.1) is 0 Å². The second-order valence-electron chi connectivity index (χ2n) is 8.79. The zero-order chi connectivity index (χ0) is 20.6. The van der Waals surface area contributed by atoms with E-state index >= 15 is 0 Å². The molecule has 0 heterocycles. The molecule has 2 nitrogen and oxygen atoms in total. The normalized spacial score (nSPS) is 12.9. The molecule has 0 aromatic rings. The highest BCUT2D eigenvalue weighted by atomic mass is 28.4. The average Bonchev–Trinajstić information content (AvgIpc) is 2.64. The fraction of sp³-hybridized carbons (Fsp3) is 1.00. The zero-order valence-corrected chi connectivity index (χ0v) is 21.0. The van der Waals surface area contributed by atoms with Crippen LogP contribution in [-0.2, 0) is 8.85 Å². The smallest absolute Gasteiger partial charge is 0.344 e. The Balaban J connectivity index is 4.53. The number of unbranched alkanes of at least 4 members (excludes halogenated alkanes) is 9. The molecule has 0 saturated heterocycles. The summed E-state index contributed by atoms with van der Waals surface area (Å²) in [5, 5.41) is 0.168. The summed E-state index contributed by atoms with van der Waals surface area (Å²) in [6.45, 7) is 17.7. The average molecular weight is 401 g/mol. The van der Waals surface area contributed by atoms with Crippen molar-refractivity contribution in [2.45, 2.75) is 137 Å². The second-order valence-corrected chi connectivity index (χ2v) is 12.7. The quantitative estimate of drug-likeness (QED) is 0.159. The van der Waals surface area contributed by atoms with Crippen LogP contribution in [0.1, 0.15) is 126 Å². The van der Waals surface area contributed by atoms with Crippen LogP contribution in [-0.4, -0.2) is 21.8 Å². The van der Waals surface area contributed by atoms with Gasteiger partial charge in [-0.1, -0.05) is 112 Å². The van der Waals surface area contributed by atoms with Gasteiger partial charge in [0.1, 0.15) is 0 Å². The first-order valence-electron chi connectivity index (χ1n) is 12.2. The summed E-state index contributed by atoms with van der Waals surface area (Å²) >= 11 is 0. The van der Waals surface area contributed by atoms with Gasteiger partial charge in [-0.25, -0.2) is 0 Å². The third-order valence-electron chi connectivity index (χ3n) is 6.60. The summed E-state index contributed by atoms with van der Waals surface area (Å²) in [5.74, 6) is 0.686. The molecule has 0 aliphatic carbocycles. The minimum absolute atomic E-state index is 0.168. The second kappa shape index (κ2) is 16.0. The summed E-state index contributed by atoms with van der Waals surface area (Å²) in [7, 11) is -2.22. The predicted molar refractivity (Wildman–Crippen MR) is 124 cm³/mol. The molecule has 0 fully saturated rings. The maximum Gasteiger partial charge on any atom is 0.344 e. The lowest BCUT2D eigenvalue weighted by Crippen LogP contribution is -2.54. The molecular weight excluding hydrogens is 348 g/mol. The van der Waals surface area contributed by atoms with E-state index in [0.717, 1.165) is 19.3 Å². The Kier molecular flexibility index (Phi) is 16.1. The molecule has 27 heavy (non-hydrogen) atoms. The number of hydrogen-bond donors (Lipinski definition) is 0. The summed E-state index contributed by atoms with van der Waals surface area (Å²) in [6, 6.07) is 1.16. The molecule has 0 bridgehead atoms. The minimum Gasteiger partial charge on any atom is -0.394 e. The molecule has 0 aliphatic rings. The molecule has 0 aliphatic heterocycles. The molecule has 164 valence electrons. The van der Waals surface area contributed by atoms with Gasteiger partial charge in [-0.3, -0.25) is 0 Å². The van der Waals surface area contributed by atoms with Crippen molar-refractivity contribution in [3.63, 3.8) is 0 Å². The Morgan fingerprint density at radius 3 is 1.41 bits per heavy atom. The first kappa shape index (κ1) is 27.1. The van der Waals surface area contributed by atoms with Crippen LogP contribution in [0.15, 0.2) is 0 Å². The van der Waals surface area contributed by atoms with Crippen LogP contribution >= 0.6 is 0 Å². The molecule has 0 aromatic heterocycles. The van der Waals surface area contributed by atoms with Gasteiger partial charge >= 0.3 is 8.56 Å². The molecule has 0 atom stereocenters. The molecule has 0 N–H and O–H groups in total. The van der Waals surface area contributed by atoms with Crippen LogP contribution in [0.5, 0.6) is 0 Å². The molecule has 0 radical (unpaired) electrons. The van der Waals surface area contributed by atoms with E-state index in [-0.39, 0.29) is 5.04 Å². The van der Waals surface area contributed by atoms with Gasteiger partial charge in [0.2, 0.25) is 0 Å². The van der Waals surface area contributed by atoms with Crippen molar-refractivity contribution in [2.75, 3.05) is 13.2 Å². The first-order valence-corrected chi connectivity index (χ1v) is 14.3. The van der Waals surface area contributed by atoms with Gasteiger partial charge in [-0.05, 0) is 25.8 Å². The van der Waals surface area contributed by atoms with Crippen LogP contribution in [0.25, 0.3) is 0 Å². The maximum absolute atomic E-state index is 6.52. The summed E-state index contributed by atoms with van der Waals surface area (Å²) in [6.07, 6.45) is 16.3. The Hall–Kier alpha value is 0.137. The van der Waals surface area contributed by atoms with Gasteiger partial charge in [-0.2, -0.15) is 0 Å². The van der Waals surface area contributed by atoms with Gasteiger partial charge < -0.3 is 8.85 Å². The monoisotopic (exact) mass is 400 g/mol. The lowest BCUT2D eigenvalue weighted by molar-refractivity contribution is 0.136. The van der Waals surface area contributed by atoms with Crippen molar-refractivity contribution in [1.82, 2.24) is 0 Å². The first-order chi connectivity index (χ1) is 13.0. The Bertz CT molecular complexity index is 320. The third-order valence-corrected chi connectivity index (χ3v) is 11.5. The van der Waals surface area contributed by atoms with Crippen molar-refractivity contribution >= 4 is 8.56 Å². The van der Waals surface area contributed by atoms with E-state index in [1.165, 1.54) is 77.0 Å². The molecular formula is C24H52O2Si. The largest absolute Gasteiger partial charge is 0.394 e. The number of rotatable bonds is 19. The van der Waals surface area contributed by atoms with E-state index in [4.69, 9.17) is 8.85 Å². The minimum atomic E-state index is -2.22. The fourth-order valence-corrected chi connectivity index (χ4v) is 9.25. The predicted octanol–water partition coefficient (Wildman–Crippen LogP) is 8.64. The summed E-state index contributed by atoms with van der Waals surface area (Å²) in [4.78, 5) is 0. The van der Waals surface area contributed by atoms with Crippen LogP contribution in [0, 0.1) is 5.92 Å². The van der Waals surface area contributed by atoms with Gasteiger partial charge in [0, 0.05) is 18.3 Å². The maximum atomic E-state index is 6.52. The molecule has 0 rings (SSSR count). The lowest BCUT2D eigenvalue weighted by atomic mass is 9.90. The van der Waals surface area contributed by atoms with Crippen LogP contribution in [0.2, 0.25) is 11.1 Å². The summed E-state index contributed by atoms with van der Waals surface area (Å²) < 4.78 is 13.0. The van der Waals surface area contributed by atoms with Crippen molar-refractivity contribution in [3.8, 4) is 0 Å². The molecule has 0 aromatic carbocycles. The standard InChI is InChI=1S/C24H52O2Si/c1-8-13-14-15-16-17-18-19-20-21-22-27(25-11-4,26-12-5)24(6,7)23(9-2)10-3/h23H,8-22H2,1-7H3. The molecule has 0 amide bonds. The Labute approximate surface area is 173 Å². The topological polar surface area (TPSA) is 18.5 Å². The van der Waals surface area contributed by atoms with Crippen molar-refractivity contribution in [1.29, 1.82) is 0 Å². The Morgan fingerprint density at radius 2 is 1.04 bits per heavy atom. The summed E-state index contributed by atoms with van der Waals surface area (Å²) in [5.41, 5.74) is 0. The van der Waals surface area contributed by atoms with E-state index in [1.54, 1.807) is 0 Å². The highest BCUT2D eigenvalue weighted by molar-refractivity contribution is 6.70. The van der Waals surface area contributed by atoms with Gasteiger partial charge in [0.15, 0.2) is 0 Å². The van der Waals surface area contributed by atoms with E-state index < -0.39 is 8.56 Å². The van der Waals surface area contributed by atoms with E-state index in [1.807, 2.05) is 0 Å². The van der Waals surface area contributed by atoms with Crippen molar-refractivity contribution in [3.05, 3.63) is 0 Å². The van der Waals surface area contributed by atoms with Gasteiger partial charge in [-0.15, -0.1) is 0 Å². The molecule has 0 spiro atoms. The van der Waals surface area contributed by atoms with E-state index in [2.05, 4.69) is 48.5 Å². The van der Waals surface area contributed by atoms with Gasteiger partial charge in [0.25, 0.3) is 0 Å². The fourth-order valence-electron chi connectivity index (χ4n) is 4.81. The SMILES string of the molecule is CCCCCCCCCCCC[Si](OCC)(OCC)C(C)(C)C(CC)CC.